The van der Waals surface area contributed by atoms with Crippen LogP contribution in [0.4, 0.5) is 0 Å². The van der Waals surface area contributed by atoms with E-state index in [9.17, 15) is 5.11 Å². The first kappa shape index (κ1) is 10.2. The Labute approximate surface area is 87.2 Å². The van der Waals surface area contributed by atoms with Gasteiger partial charge in [0.1, 0.15) is 0 Å². The number of fused-ring (bicyclic) bond motifs is 1. The van der Waals surface area contributed by atoms with Crippen molar-refractivity contribution >= 4 is 0 Å². The molecule has 0 bridgehead atoms. The maximum Gasteiger partial charge on any atom is 0.0857 e. The van der Waals surface area contributed by atoms with Crippen molar-refractivity contribution in [2.24, 2.45) is 5.92 Å². The van der Waals surface area contributed by atoms with Crippen molar-refractivity contribution in [3.05, 3.63) is 11.6 Å². The van der Waals surface area contributed by atoms with E-state index < -0.39 is 0 Å². The standard InChI is InChI=1S/C13H22O/c1-2-5-11-7-9-13(14)8-4-3-6-12(13)10-11/h10-11,14H,2-9H2,1H3. The van der Waals surface area contributed by atoms with E-state index in [1.807, 2.05) is 0 Å². The van der Waals surface area contributed by atoms with E-state index >= 15 is 0 Å². The molecule has 2 aliphatic rings. The van der Waals surface area contributed by atoms with Gasteiger partial charge in [0.2, 0.25) is 0 Å². The molecule has 2 aliphatic carbocycles. The van der Waals surface area contributed by atoms with Gasteiger partial charge in [-0.25, -0.2) is 0 Å². The molecule has 1 N–H and O–H groups in total. The Hall–Kier alpha value is -0.300. The van der Waals surface area contributed by atoms with Gasteiger partial charge in [-0.15, -0.1) is 0 Å². The predicted octanol–water partition coefficient (Wildman–Crippen LogP) is 3.43. The van der Waals surface area contributed by atoms with Gasteiger partial charge >= 0.3 is 0 Å². The van der Waals surface area contributed by atoms with Crippen LogP contribution >= 0.6 is 0 Å². The quantitative estimate of drug-likeness (QED) is 0.668. The van der Waals surface area contributed by atoms with Crippen molar-refractivity contribution in [2.45, 2.75) is 63.9 Å². The first-order valence-corrected chi connectivity index (χ1v) is 6.18. The maximum absolute atomic E-state index is 10.4. The highest BCUT2D eigenvalue weighted by molar-refractivity contribution is 5.22. The van der Waals surface area contributed by atoms with Crippen LogP contribution in [0.25, 0.3) is 0 Å². The molecule has 2 rings (SSSR count). The Morgan fingerprint density at radius 3 is 3.07 bits per heavy atom. The van der Waals surface area contributed by atoms with Gasteiger partial charge < -0.3 is 5.11 Å². The van der Waals surface area contributed by atoms with Crippen LogP contribution in [0.5, 0.6) is 0 Å². The number of hydrogen-bond acceptors (Lipinski definition) is 1. The van der Waals surface area contributed by atoms with Crippen LogP contribution in [0.3, 0.4) is 0 Å². The van der Waals surface area contributed by atoms with E-state index in [1.165, 1.54) is 37.7 Å². The molecule has 2 unspecified atom stereocenters. The van der Waals surface area contributed by atoms with Crippen LogP contribution in [-0.4, -0.2) is 10.7 Å². The molecular formula is C13H22O. The summed E-state index contributed by atoms with van der Waals surface area (Å²) in [5.74, 6) is 0.758. The van der Waals surface area contributed by atoms with Gasteiger partial charge in [-0.3, -0.25) is 0 Å². The highest BCUT2D eigenvalue weighted by Gasteiger charge is 2.36. The molecular weight excluding hydrogens is 172 g/mol. The van der Waals surface area contributed by atoms with E-state index in [0.717, 1.165) is 25.2 Å². The second-order valence-electron chi connectivity index (χ2n) is 5.02. The monoisotopic (exact) mass is 194 g/mol. The summed E-state index contributed by atoms with van der Waals surface area (Å²) in [6.07, 6.45) is 11.9. The van der Waals surface area contributed by atoms with E-state index in [1.54, 1.807) is 0 Å². The zero-order chi connectivity index (χ0) is 10.0. The summed E-state index contributed by atoms with van der Waals surface area (Å²) in [5.41, 5.74) is 0.983. The highest BCUT2D eigenvalue weighted by Crippen LogP contribution is 2.42. The average molecular weight is 194 g/mol. The molecule has 0 saturated heterocycles. The van der Waals surface area contributed by atoms with Crippen molar-refractivity contribution in [1.82, 2.24) is 0 Å². The Bertz CT molecular complexity index is 231. The predicted molar refractivity (Wildman–Crippen MR) is 59.1 cm³/mol. The molecule has 1 heteroatoms. The van der Waals surface area contributed by atoms with E-state index in [4.69, 9.17) is 0 Å². The topological polar surface area (TPSA) is 20.2 Å². The average Bonchev–Trinajstić information content (AvgIpc) is 2.19. The van der Waals surface area contributed by atoms with E-state index in [0.29, 0.717) is 0 Å². The van der Waals surface area contributed by atoms with Gasteiger partial charge in [0.25, 0.3) is 0 Å². The highest BCUT2D eigenvalue weighted by atomic mass is 16.3. The van der Waals surface area contributed by atoms with E-state index in [-0.39, 0.29) is 5.60 Å². The second-order valence-corrected chi connectivity index (χ2v) is 5.02. The summed E-state index contributed by atoms with van der Waals surface area (Å²) in [5, 5.41) is 10.4. The lowest BCUT2D eigenvalue weighted by Gasteiger charge is -2.40. The zero-order valence-electron chi connectivity index (χ0n) is 9.26. The van der Waals surface area contributed by atoms with Crippen LogP contribution in [0, 0.1) is 5.92 Å². The fraction of sp³-hybridized carbons (Fsp3) is 0.846. The summed E-state index contributed by atoms with van der Waals surface area (Å²) in [6.45, 7) is 2.25. The van der Waals surface area contributed by atoms with E-state index in [2.05, 4.69) is 13.0 Å². The van der Waals surface area contributed by atoms with Crippen LogP contribution in [0.1, 0.15) is 58.3 Å². The summed E-state index contributed by atoms with van der Waals surface area (Å²) in [4.78, 5) is 0. The first-order chi connectivity index (χ1) is 6.74. The lowest BCUT2D eigenvalue weighted by atomic mass is 9.70. The van der Waals surface area contributed by atoms with Gasteiger partial charge in [-0.05, 0) is 56.4 Å². The maximum atomic E-state index is 10.4. The molecule has 1 saturated carbocycles. The summed E-state index contributed by atoms with van der Waals surface area (Å²) >= 11 is 0. The minimum atomic E-state index is -0.386. The minimum Gasteiger partial charge on any atom is -0.386 e. The fourth-order valence-corrected chi connectivity index (χ4v) is 3.04. The molecule has 0 aromatic carbocycles. The lowest BCUT2D eigenvalue weighted by Crippen LogP contribution is -2.37. The first-order valence-electron chi connectivity index (χ1n) is 6.18. The largest absolute Gasteiger partial charge is 0.386 e. The van der Waals surface area contributed by atoms with Crippen molar-refractivity contribution in [3.63, 3.8) is 0 Å². The SMILES string of the molecule is CCCC1C=C2CCCCC2(O)CC1. The molecule has 80 valence electrons. The van der Waals surface area contributed by atoms with Gasteiger partial charge in [0.05, 0.1) is 5.60 Å². The fourth-order valence-electron chi connectivity index (χ4n) is 3.04. The second kappa shape index (κ2) is 4.06. The molecule has 2 atom stereocenters. The zero-order valence-corrected chi connectivity index (χ0v) is 9.26. The Kier molecular flexibility index (Phi) is 2.96. The third kappa shape index (κ3) is 1.88. The smallest absolute Gasteiger partial charge is 0.0857 e. The number of aliphatic hydroxyl groups is 1. The minimum absolute atomic E-state index is 0.386. The molecule has 0 radical (unpaired) electrons. The molecule has 0 heterocycles. The summed E-state index contributed by atoms with van der Waals surface area (Å²) in [7, 11) is 0. The molecule has 1 nitrogen and oxygen atoms in total. The third-order valence-electron chi connectivity index (χ3n) is 3.91. The third-order valence-corrected chi connectivity index (χ3v) is 3.91. The Morgan fingerprint density at radius 2 is 2.29 bits per heavy atom. The summed E-state index contributed by atoms with van der Waals surface area (Å²) in [6, 6.07) is 0. The Balaban J connectivity index is 2.10. The van der Waals surface area contributed by atoms with Crippen molar-refractivity contribution in [1.29, 1.82) is 0 Å². The lowest BCUT2D eigenvalue weighted by molar-refractivity contribution is 0.0299. The number of allylic oxidation sites excluding steroid dienone is 1. The van der Waals surface area contributed by atoms with Crippen molar-refractivity contribution in [2.75, 3.05) is 0 Å². The molecule has 1 fully saturated rings. The molecule has 0 amide bonds. The molecule has 0 aromatic rings. The normalized spacial score (nSPS) is 37.6. The van der Waals surface area contributed by atoms with Gasteiger partial charge in [-0.2, -0.15) is 0 Å². The molecule has 14 heavy (non-hydrogen) atoms. The van der Waals surface area contributed by atoms with Crippen LogP contribution in [0.15, 0.2) is 11.6 Å². The molecule has 0 spiro atoms. The van der Waals surface area contributed by atoms with Crippen LogP contribution in [-0.2, 0) is 0 Å². The Morgan fingerprint density at radius 1 is 1.43 bits per heavy atom. The van der Waals surface area contributed by atoms with Crippen LogP contribution in [0.2, 0.25) is 0 Å². The molecule has 0 aromatic heterocycles. The molecule has 0 aliphatic heterocycles. The number of rotatable bonds is 2. The van der Waals surface area contributed by atoms with Gasteiger partial charge in [0.15, 0.2) is 0 Å². The van der Waals surface area contributed by atoms with Gasteiger partial charge in [-0.1, -0.05) is 19.4 Å². The van der Waals surface area contributed by atoms with Crippen molar-refractivity contribution < 1.29 is 5.11 Å². The number of hydrogen-bond donors (Lipinski definition) is 1. The van der Waals surface area contributed by atoms with Crippen LogP contribution < -0.4 is 0 Å². The summed E-state index contributed by atoms with van der Waals surface area (Å²) < 4.78 is 0. The van der Waals surface area contributed by atoms with Gasteiger partial charge in [0, 0.05) is 0 Å². The van der Waals surface area contributed by atoms with Crippen molar-refractivity contribution in [3.8, 4) is 0 Å².